The van der Waals surface area contributed by atoms with Gasteiger partial charge in [0.05, 0.1) is 11.4 Å². The molecule has 9 rings (SSSR count). The molecule has 0 amide bonds. The maximum Gasteiger partial charge on any atom is 0.0540 e. The third kappa shape index (κ3) is 6.08. The van der Waals surface area contributed by atoms with E-state index in [1.54, 1.807) is 0 Å². The Labute approximate surface area is 304 Å². The Balaban J connectivity index is 1.03. The molecule has 0 atom stereocenters. The van der Waals surface area contributed by atoms with Crippen LogP contribution in [0.2, 0.25) is 0 Å². The van der Waals surface area contributed by atoms with Crippen molar-refractivity contribution in [3.05, 3.63) is 217 Å². The van der Waals surface area contributed by atoms with Gasteiger partial charge < -0.3 is 9.80 Å². The Hall–Kier alpha value is -6.90. The molecule has 0 saturated heterocycles. The highest BCUT2D eigenvalue weighted by molar-refractivity contribution is 6.04. The normalized spacial score (nSPS) is 11.4. The standard InChI is InChI=1S/C50H36N2/c1-2-18-43(19-3-1)51(46-35-30-39-12-4-5-15-42(39)36-46)44-31-26-37(27-32-44)24-25-38-28-33-45(34-29-38)52(49-22-10-16-40-13-6-8-20-47(40)49)50-23-11-17-41-14-7-9-21-48(41)50/h1-36H. The van der Waals surface area contributed by atoms with Crippen molar-refractivity contribution in [1.82, 2.24) is 0 Å². The highest BCUT2D eigenvalue weighted by atomic mass is 15.1. The summed E-state index contributed by atoms with van der Waals surface area (Å²) in [6.45, 7) is 0. The highest BCUT2D eigenvalue weighted by Crippen LogP contribution is 2.42. The molecule has 2 heteroatoms. The van der Waals surface area contributed by atoms with Crippen molar-refractivity contribution in [3.8, 4) is 0 Å². The summed E-state index contributed by atoms with van der Waals surface area (Å²) in [6.07, 6.45) is 4.38. The van der Waals surface area contributed by atoms with E-state index in [-0.39, 0.29) is 0 Å². The third-order valence-electron chi connectivity index (χ3n) is 9.79. The Bertz CT molecular complexity index is 2590. The predicted molar refractivity (Wildman–Crippen MR) is 224 cm³/mol. The van der Waals surface area contributed by atoms with Crippen molar-refractivity contribution in [2.45, 2.75) is 0 Å². The van der Waals surface area contributed by atoms with Gasteiger partial charge in [-0.15, -0.1) is 0 Å². The average molecular weight is 665 g/mol. The highest BCUT2D eigenvalue weighted by Gasteiger charge is 2.17. The van der Waals surface area contributed by atoms with Gasteiger partial charge in [0.2, 0.25) is 0 Å². The number of rotatable bonds is 8. The Morgan fingerprint density at radius 2 is 0.692 bits per heavy atom. The largest absolute Gasteiger partial charge is 0.310 e. The fourth-order valence-electron chi connectivity index (χ4n) is 7.22. The number of hydrogen-bond donors (Lipinski definition) is 0. The summed E-state index contributed by atoms with van der Waals surface area (Å²) >= 11 is 0. The van der Waals surface area contributed by atoms with Crippen LogP contribution in [0.25, 0.3) is 44.5 Å². The molecule has 9 aromatic carbocycles. The van der Waals surface area contributed by atoms with Crippen LogP contribution in [-0.2, 0) is 0 Å². The van der Waals surface area contributed by atoms with Crippen LogP contribution in [0.5, 0.6) is 0 Å². The minimum atomic E-state index is 1.11. The third-order valence-corrected chi connectivity index (χ3v) is 9.79. The fraction of sp³-hybridized carbons (Fsp3) is 0. The lowest BCUT2D eigenvalue weighted by Crippen LogP contribution is -2.11. The van der Waals surface area contributed by atoms with Crippen LogP contribution in [0.15, 0.2) is 206 Å². The molecule has 0 saturated carbocycles. The Kier molecular flexibility index (Phi) is 8.24. The zero-order valence-electron chi connectivity index (χ0n) is 28.7. The molecule has 246 valence electrons. The van der Waals surface area contributed by atoms with E-state index in [0.29, 0.717) is 0 Å². The van der Waals surface area contributed by atoms with Crippen molar-refractivity contribution in [3.63, 3.8) is 0 Å². The summed E-state index contributed by atoms with van der Waals surface area (Å²) in [5.41, 5.74) is 9.10. The maximum atomic E-state index is 2.39. The van der Waals surface area contributed by atoms with E-state index in [1.165, 1.54) is 32.3 Å². The molecule has 0 aliphatic heterocycles. The summed E-state index contributed by atoms with van der Waals surface area (Å²) in [4.78, 5) is 4.71. The SMILES string of the molecule is C(=Cc1ccc(N(c2cccc3ccccc23)c2cccc3ccccc23)cc1)c1ccc(N(c2ccccc2)c2ccc3ccccc3c2)cc1. The van der Waals surface area contributed by atoms with Crippen molar-refractivity contribution in [2.24, 2.45) is 0 Å². The van der Waals surface area contributed by atoms with Gasteiger partial charge in [0.15, 0.2) is 0 Å². The molecule has 0 unspecified atom stereocenters. The van der Waals surface area contributed by atoms with E-state index >= 15 is 0 Å². The van der Waals surface area contributed by atoms with Crippen molar-refractivity contribution >= 4 is 78.6 Å². The molecule has 0 bridgehead atoms. The van der Waals surface area contributed by atoms with E-state index in [4.69, 9.17) is 0 Å². The van der Waals surface area contributed by atoms with Crippen LogP contribution in [0.3, 0.4) is 0 Å². The van der Waals surface area contributed by atoms with E-state index in [1.807, 2.05) is 0 Å². The number of anilines is 6. The maximum absolute atomic E-state index is 2.39. The second-order valence-electron chi connectivity index (χ2n) is 13.1. The van der Waals surface area contributed by atoms with Crippen LogP contribution in [0.4, 0.5) is 34.1 Å². The first kappa shape index (κ1) is 31.1. The lowest BCUT2D eigenvalue weighted by atomic mass is 10.0. The molecule has 0 heterocycles. The Morgan fingerprint density at radius 1 is 0.269 bits per heavy atom. The van der Waals surface area contributed by atoms with Crippen LogP contribution in [-0.4, -0.2) is 0 Å². The number of para-hydroxylation sites is 1. The van der Waals surface area contributed by atoms with Gasteiger partial charge in [0.25, 0.3) is 0 Å². The smallest absolute Gasteiger partial charge is 0.0540 e. The topological polar surface area (TPSA) is 6.48 Å². The lowest BCUT2D eigenvalue weighted by Gasteiger charge is -2.28. The van der Waals surface area contributed by atoms with Crippen molar-refractivity contribution < 1.29 is 0 Å². The zero-order chi connectivity index (χ0) is 34.7. The van der Waals surface area contributed by atoms with Gasteiger partial charge in [-0.25, -0.2) is 0 Å². The molecule has 0 N–H and O–H groups in total. The summed E-state index contributed by atoms with van der Waals surface area (Å²) in [7, 11) is 0. The number of hydrogen-bond acceptors (Lipinski definition) is 2. The molecule has 0 radical (unpaired) electrons. The van der Waals surface area contributed by atoms with Gasteiger partial charge in [-0.1, -0.05) is 158 Å². The molecule has 0 aliphatic rings. The van der Waals surface area contributed by atoms with Gasteiger partial charge in [0.1, 0.15) is 0 Å². The molecular weight excluding hydrogens is 629 g/mol. The first-order chi connectivity index (χ1) is 25.8. The second kappa shape index (κ2) is 13.8. The fourth-order valence-corrected chi connectivity index (χ4v) is 7.22. The van der Waals surface area contributed by atoms with E-state index in [9.17, 15) is 0 Å². The van der Waals surface area contributed by atoms with Gasteiger partial charge >= 0.3 is 0 Å². The summed E-state index contributed by atoms with van der Waals surface area (Å²) in [6, 6.07) is 73.8. The number of fused-ring (bicyclic) bond motifs is 3. The van der Waals surface area contributed by atoms with Gasteiger partial charge in [-0.05, 0) is 93.3 Å². The molecule has 0 fully saturated rings. The van der Waals surface area contributed by atoms with Crippen LogP contribution in [0.1, 0.15) is 11.1 Å². The number of nitrogens with zero attached hydrogens (tertiary/aromatic N) is 2. The van der Waals surface area contributed by atoms with Gasteiger partial charge in [-0.3, -0.25) is 0 Å². The van der Waals surface area contributed by atoms with Crippen molar-refractivity contribution in [1.29, 1.82) is 0 Å². The monoisotopic (exact) mass is 664 g/mol. The minimum absolute atomic E-state index is 1.11. The minimum Gasteiger partial charge on any atom is -0.310 e. The van der Waals surface area contributed by atoms with Crippen LogP contribution >= 0.6 is 0 Å². The first-order valence-electron chi connectivity index (χ1n) is 17.8. The van der Waals surface area contributed by atoms with Crippen LogP contribution < -0.4 is 9.80 Å². The first-order valence-corrected chi connectivity index (χ1v) is 17.8. The molecule has 0 aliphatic carbocycles. The average Bonchev–Trinajstić information content (AvgIpc) is 3.22. The molecule has 2 nitrogen and oxygen atoms in total. The van der Waals surface area contributed by atoms with Crippen LogP contribution in [0, 0.1) is 0 Å². The molecule has 0 spiro atoms. The zero-order valence-corrected chi connectivity index (χ0v) is 28.7. The molecule has 52 heavy (non-hydrogen) atoms. The predicted octanol–water partition coefficient (Wildman–Crippen LogP) is 14.3. The van der Waals surface area contributed by atoms with E-state index in [0.717, 1.165) is 45.3 Å². The molecular formula is C50H36N2. The summed E-state index contributed by atoms with van der Waals surface area (Å²) < 4.78 is 0. The van der Waals surface area contributed by atoms with E-state index < -0.39 is 0 Å². The van der Waals surface area contributed by atoms with Crippen molar-refractivity contribution in [2.75, 3.05) is 9.80 Å². The van der Waals surface area contributed by atoms with E-state index in [2.05, 4.69) is 228 Å². The quantitative estimate of drug-likeness (QED) is 0.149. The lowest BCUT2D eigenvalue weighted by molar-refractivity contribution is 1.29. The van der Waals surface area contributed by atoms with Gasteiger partial charge in [0, 0.05) is 33.5 Å². The van der Waals surface area contributed by atoms with Gasteiger partial charge in [-0.2, -0.15) is 0 Å². The Morgan fingerprint density at radius 3 is 1.27 bits per heavy atom. The molecule has 0 aromatic heterocycles. The molecule has 9 aromatic rings. The summed E-state index contributed by atoms with van der Waals surface area (Å²) in [5, 5.41) is 7.35. The second-order valence-corrected chi connectivity index (χ2v) is 13.1. The number of benzene rings is 9. The summed E-state index contributed by atoms with van der Waals surface area (Å²) in [5.74, 6) is 0.